The third kappa shape index (κ3) is 1.79. The fraction of sp³-hybridized carbons (Fsp3) is 0.417. The van der Waals surface area contributed by atoms with E-state index in [-0.39, 0.29) is 18.1 Å². The number of hydrogen-bond acceptors (Lipinski definition) is 3. The van der Waals surface area contributed by atoms with Crippen molar-refractivity contribution in [3.05, 3.63) is 28.8 Å². The molecular weight excluding hydrogens is 232 g/mol. The van der Waals surface area contributed by atoms with Gasteiger partial charge in [-0.15, -0.1) is 0 Å². The number of fused-ring (bicyclic) bond motifs is 1. The molecule has 0 bridgehead atoms. The van der Waals surface area contributed by atoms with Crippen molar-refractivity contribution in [1.29, 1.82) is 0 Å². The van der Waals surface area contributed by atoms with Crippen LogP contribution in [0, 0.1) is 0 Å². The van der Waals surface area contributed by atoms with Crippen LogP contribution < -0.4 is 11.0 Å². The zero-order valence-electron chi connectivity index (χ0n) is 10.1. The van der Waals surface area contributed by atoms with Crippen LogP contribution in [0.3, 0.4) is 0 Å². The summed E-state index contributed by atoms with van der Waals surface area (Å²) < 4.78 is 2.92. The molecular formula is C12H14N4O2. The molecule has 2 aromatic heterocycles. The molecule has 1 saturated carbocycles. The largest absolute Gasteiger partial charge is 0.352 e. The van der Waals surface area contributed by atoms with Crippen LogP contribution in [0.2, 0.25) is 0 Å². The van der Waals surface area contributed by atoms with Crippen molar-refractivity contribution in [2.45, 2.75) is 25.4 Å². The van der Waals surface area contributed by atoms with Crippen LogP contribution in [-0.2, 0) is 18.4 Å². The normalized spacial score (nSPS) is 14.9. The zero-order valence-corrected chi connectivity index (χ0v) is 10.1. The Labute approximate surface area is 103 Å². The number of amides is 1. The molecule has 6 nitrogen and oxygen atoms in total. The molecule has 1 N–H and O–H groups in total. The van der Waals surface area contributed by atoms with E-state index in [1.54, 1.807) is 25.4 Å². The van der Waals surface area contributed by atoms with Gasteiger partial charge in [-0.05, 0) is 25.0 Å². The van der Waals surface area contributed by atoms with Gasteiger partial charge in [-0.3, -0.25) is 13.9 Å². The number of nitrogens with one attached hydrogen (secondary N) is 1. The minimum Gasteiger partial charge on any atom is -0.352 e. The highest BCUT2D eigenvalue weighted by molar-refractivity contribution is 5.79. The standard InChI is InChI=1S/C12H14N4O2/c1-15-11-9(3-2-6-13-11)16(12(15)18)7-10(17)14-8-4-5-8/h2-3,6,8H,4-5,7H2,1H3,(H,14,17). The van der Waals surface area contributed by atoms with E-state index in [1.165, 1.54) is 9.13 Å². The Hall–Kier alpha value is -2.11. The second-order valence-electron chi connectivity index (χ2n) is 4.62. The predicted molar refractivity (Wildman–Crippen MR) is 66.1 cm³/mol. The first-order chi connectivity index (χ1) is 8.66. The number of imidazole rings is 1. The van der Waals surface area contributed by atoms with Gasteiger partial charge in [0.25, 0.3) is 0 Å². The Balaban J connectivity index is 1.97. The highest BCUT2D eigenvalue weighted by Crippen LogP contribution is 2.18. The maximum atomic E-state index is 12.0. The summed E-state index contributed by atoms with van der Waals surface area (Å²) >= 11 is 0. The lowest BCUT2D eigenvalue weighted by Gasteiger charge is -2.04. The van der Waals surface area contributed by atoms with Crippen molar-refractivity contribution in [2.24, 2.45) is 7.05 Å². The molecule has 3 rings (SSSR count). The summed E-state index contributed by atoms with van der Waals surface area (Å²) in [6, 6.07) is 3.87. The Morgan fingerprint density at radius 2 is 2.33 bits per heavy atom. The van der Waals surface area contributed by atoms with Gasteiger partial charge >= 0.3 is 5.69 Å². The smallest absolute Gasteiger partial charge is 0.330 e. The Morgan fingerprint density at radius 3 is 3.06 bits per heavy atom. The Bertz CT molecular complexity index is 666. The number of hydrogen-bond donors (Lipinski definition) is 1. The monoisotopic (exact) mass is 246 g/mol. The minimum absolute atomic E-state index is 0.0539. The van der Waals surface area contributed by atoms with Crippen molar-refractivity contribution in [3.63, 3.8) is 0 Å². The highest BCUT2D eigenvalue weighted by Gasteiger charge is 2.24. The van der Waals surface area contributed by atoms with Crippen LogP contribution in [0.15, 0.2) is 23.1 Å². The molecule has 0 spiro atoms. The fourth-order valence-electron chi connectivity index (χ4n) is 2.03. The SMILES string of the molecule is Cn1c(=O)n(CC(=O)NC2CC2)c2cccnc21. The van der Waals surface area contributed by atoms with Crippen molar-refractivity contribution >= 4 is 17.1 Å². The van der Waals surface area contributed by atoms with Gasteiger partial charge in [0.05, 0.1) is 5.52 Å². The van der Waals surface area contributed by atoms with Crippen LogP contribution in [0.4, 0.5) is 0 Å². The third-order valence-corrected chi connectivity index (χ3v) is 3.14. The highest BCUT2D eigenvalue weighted by atomic mass is 16.2. The van der Waals surface area contributed by atoms with Crippen molar-refractivity contribution in [3.8, 4) is 0 Å². The Kier molecular flexibility index (Phi) is 2.43. The van der Waals surface area contributed by atoms with Gasteiger partial charge in [0.1, 0.15) is 6.54 Å². The van der Waals surface area contributed by atoms with Crippen LogP contribution in [0.25, 0.3) is 11.2 Å². The summed E-state index contributed by atoms with van der Waals surface area (Å²) in [6.07, 6.45) is 3.71. The number of carbonyl (C=O) groups excluding carboxylic acids is 1. The zero-order chi connectivity index (χ0) is 12.7. The molecule has 0 aromatic carbocycles. The molecule has 0 radical (unpaired) electrons. The molecule has 1 amide bonds. The molecule has 2 heterocycles. The van der Waals surface area contributed by atoms with E-state index in [9.17, 15) is 9.59 Å². The Morgan fingerprint density at radius 1 is 1.56 bits per heavy atom. The van der Waals surface area contributed by atoms with E-state index in [0.717, 1.165) is 12.8 Å². The van der Waals surface area contributed by atoms with Crippen molar-refractivity contribution < 1.29 is 4.79 Å². The first-order valence-electron chi connectivity index (χ1n) is 5.96. The average Bonchev–Trinajstić information content (AvgIpc) is 3.14. The fourth-order valence-corrected chi connectivity index (χ4v) is 2.03. The second-order valence-corrected chi connectivity index (χ2v) is 4.62. The van der Waals surface area contributed by atoms with E-state index in [2.05, 4.69) is 10.3 Å². The van der Waals surface area contributed by atoms with Gasteiger partial charge < -0.3 is 5.32 Å². The van der Waals surface area contributed by atoms with Gasteiger partial charge in [-0.2, -0.15) is 0 Å². The van der Waals surface area contributed by atoms with Gasteiger partial charge in [-0.25, -0.2) is 9.78 Å². The summed E-state index contributed by atoms with van der Waals surface area (Å²) in [5.74, 6) is -0.115. The molecule has 1 fully saturated rings. The van der Waals surface area contributed by atoms with E-state index in [1.807, 2.05) is 0 Å². The lowest BCUT2D eigenvalue weighted by molar-refractivity contribution is -0.121. The second kappa shape index (κ2) is 3.97. The van der Waals surface area contributed by atoms with Crippen LogP contribution in [0.1, 0.15) is 12.8 Å². The van der Waals surface area contributed by atoms with Gasteiger partial charge in [0, 0.05) is 19.3 Å². The molecule has 0 aliphatic heterocycles. The number of carbonyl (C=O) groups is 1. The summed E-state index contributed by atoms with van der Waals surface area (Å²) in [5.41, 5.74) is 1.08. The molecule has 6 heteroatoms. The van der Waals surface area contributed by atoms with Crippen LogP contribution >= 0.6 is 0 Å². The average molecular weight is 246 g/mol. The quantitative estimate of drug-likeness (QED) is 0.829. The number of aryl methyl sites for hydroxylation is 1. The van der Waals surface area contributed by atoms with Crippen molar-refractivity contribution in [2.75, 3.05) is 0 Å². The molecule has 18 heavy (non-hydrogen) atoms. The van der Waals surface area contributed by atoms with Crippen molar-refractivity contribution in [1.82, 2.24) is 19.4 Å². The summed E-state index contributed by atoms with van der Waals surface area (Å²) in [7, 11) is 1.66. The first kappa shape index (κ1) is 11.0. The van der Waals surface area contributed by atoms with E-state index in [0.29, 0.717) is 17.2 Å². The molecule has 2 aromatic rings. The third-order valence-electron chi connectivity index (χ3n) is 3.14. The van der Waals surface area contributed by atoms with E-state index in [4.69, 9.17) is 0 Å². The van der Waals surface area contributed by atoms with Crippen LogP contribution in [-0.4, -0.2) is 26.1 Å². The first-order valence-corrected chi connectivity index (χ1v) is 5.96. The molecule has 94 valence electrons. The molecule has 0 atom stereocenters. The number of pyridine rings is 1. The lowest BCUT2D eigenvalue weighted by Crippen LogP contribution is -2.33. The molecule has 1 aliphatic rings. The van der Waals surface area contributed by atoms with Gasteiger partial charge in [-0.1, -0.05) is 0 Å². The maximum Gasteiger partial charge on any atom is 0.330 e. The van der Waals surface area contributed by atoms with E-state index < -0.39 is 0 Å². The lowest BCUT2D eigenvalue weighted by atomic mass is 10.4. The summed E-state index contributed by atoms with van der Waals surface area (Å²) in [5, 5.41) is 2.88. The molecule has 0 unspecified atom stereocenters. The number of nitrogens with zero attached hydrogens (tertiary/aromatic N) is 3. The van der Waals surface area contributed by atoms with Crippen LogP contribution in [0.5, 0.6) is 0 Å². The number of rotatable bonds is 3. The van der Waals surface area contributed by atoms with Gasteiger partial charge in [0.2, 0.25) is 5.91 Å². The maximum absolute atomic E-state index is 12.0. The van der Waals surface area contributed by atoms with Gasteiger partial charge in [0.15, 0.2) is 5.65 Å². The minimum atomic E-state index is -0.213. The molecule has 1 aliphatic carbocycles. The summed E-state index contributed by atoms with van der Waals surface area (Å²) in [4.78, 5) is 28.0. The predicted octanol–water partition coefficient (Wildman–Crippen LogP) is 0.0136. The number of aromatic nitrogens is 3. The summed E-state index contributed by atoms with van der Waals surface area (Å²) in [6.45, 7) is 0.0539. The topological polar surface area (TPSA) is 68.9 Å². The molecule has 0 saturated heterocycles. The van der Waals surface area contributed by atoms with E-state index >= 15 is 0 Å².